The highest BCUT2D eigenvalue weighted by Crippen LogP contribution is 2.35. The summed E-state index contributed by atoms with van der Waals surface area (Å²) in [6.07, 6.45) is -1.63. The number of rotatable bonds is 3. The monoisotopic (exact) mass is 429 g/mol. The maximum atomic E-state index is 12.4. The van der Waals surface area contributed by atoms with Crippen molar-refractivity contribution in [1.82, 2.24) is 4.98 Å². The van der Waals surface area contributed by atoms with E-state index in [0.717, 1.165) is 14.2 Å². The van der Waals surface area contributed by atoms with Gasteiger partial charge in [0, 0.05) is 3.57 Å². The predicted molar refractivity (Wildman–Crippen MR) is 73.9 cm³/mol. The first-order chi connectivity index (χ1) is 8.52. The molecule has 18 heavy (non-hydrogen) atoms. The van der Waals surface area contributed by atoms with Gasteiger partial charge in [-0.25, -0.2) is 13.8 Å². The molecule has 0 saturated carbocycles. The molecule has 0 aliphatic carbocycles. The Balaban J connectivity index is 2.49. The van der Waals surface area contributed by atoms with Crippen LogP contribution in [0.4, 0.5) is 8.78 Å². The highest BCUT2D eigenvalue weighted by atomic mass is 127. The molecule has 1 aromatic carbocycles. The number of benzene rings is 1. The Kier molecular flexibility index (Phi) is 4.21. The summed E-state index contributed by atoms with van der Waals surface area (Å²) >= 11 is 5.42. The molecular weight excluding hydrogens is 423 g/mol. The van der Waals surface area contributed by atoms with Gasteiger partial charge in [0.15, 0.2) is 5.76 Å². The van der Waals surface area contributed by atoms with E-state index < -0.39 is 12.2 Å². The van der Waals surface area contributed by atoms with E-state index in [1.165, 1.54) is 7.11 Å². The molecule has 0 spiro atoms. The van der Waals surface area contributed by atoms with E-state index >= 15 is 0 Å². The number of hydrogen-bond acceptors (Lipinski definition) is 3. The fraction of sp³-hybridized carbons (Fsp3) is 0.182. The molecule has 0 atom stereocenters. The van der Waals surface area contributed by atoms with Crippen LogP contribution in [-0.4, -0.2) is 12.1 Å². The second-order valence-electron chi connectivity index (χ2n) is 3.34. The number of ether oxygens (including phenoxy) is 1. The Morgan fingerprint density at radius 3 is 2.72 bits per heavy atom. The van der Waals surface area contributed by atoms with Gasteiger partial charge in [-0.3, -0.25) is 0 Å². The van der Waals surface area contributed by atoms with Crippen LogP contribution in [0, 0.1) is 3.57 Å². The van der Waals surface area contributed by atoms with Crippen LogP contribution in [0.3, 0.4) is 0 Å². The maximum absolute atomic E-state index is 12.4. The van der Waals surface area contributed by atoms with E-state index in [0.29, 0.717) is 11.3 Å². The van der Waals surface area contributed by atoms with Gasteiger partial charge in [0.25, 0.3) is 6.43 Å². The highest BCUT2D eigenvalue weighted by Gasteiger charge is 2.17. The van der Waals surface area contributed by atoms with Crippen molar-refractivity contribution in [2.24, 2.45) is 0 Å². The van der Waals surface area contributed by atoms with E-state index in [1.807, 2.05) is 0 Å². The fourth-order valence-electron chi connectivity index (χ4n) is 1.36. The first-order valence-corrected chi connectivity index (χ1v) is 6.67. The molecule has 1 aromatic heterocycles. The summed E-state index contributed by atoms with van der Waals surface area (Å²) < 4.78 is 36.6. The van der Waals surface area contributed by atoms with Crippen LogP contribution >= 0.6 is 38.5 Å². The number of hydrogen-bond donors (Lipinski definition) is 0. The zero-order chi connectivity index (χ0) is 13.3. The van der Waals surface area contributed by atoms with E-state index in [-0.39, 0.29) is 5.89 Å². The summed E-state index contributed by atoms with van der Waals surface area (Å²) in [7, 11) is 1.52. The van der Waals surface area contributed by atoms with E-state index in [1.54, 1.807) is 12.1 Å². The number of oxazole rings is 1. The van der Waals surface area contributed by atoms with Crippen molar-refractivity contribution in [3.05, 3.63) is 32.1 Å². The van der Waals surface area contributed by atoms with Gasteiger partial charge in [-0.15, -0.1) is 0 Å². The van der Waals surface area contributed by atoms with Crippen LogP contribution in [0.1, 0.15) is 12.2 Å². The number of methoxy groups -OCH3 is 1. The first kappa shape index (κ1) is 13.7. The van der Waals surface area contributed by atoms with Crippen molar-refractivity contribution in [1.29, 1.82) is 0 Å². The molecule has 0 radical (unpaired) electrons. The van der Waals surface area contributed by atoms with Gasteiger partial charge >= 0.3 is 0 Å². The second kappa shape index (κ2) is 5.52. The average Bonchev–Trinajstić information content (AvgIpc) is 2.78. The Morgan fingerprint density at radius 1 is 1.44 bits per heavy atom. The van der Waals surface area contributed by atoms with Gasteiger partial charge in [-0.2, -0.15) is 0 Å². The molecule has 0 unspecified atom stereocenters. The molecule has 1 heterocycles. The minimum atomic E-state index is -2.67. The SMILES string of the molecule is COc1cc(-c2ncc(C(F)F)o2)c(I)cc1Br. The zero-order valence-corrected chi connectivity index (χ0v) is 12.8. The Hall–Kier alpha value is -0.700. The topological polar surface area (TPSA) is 35.3 Å². The smallest absolute Gasteiger partial charge is 0.297 e. The van der Waals surface area contributed by atoms with Crippen molar-refractivity contribution >= 4 is 38.5 Å². The lowest BCUT2D eigenvalue weighted by molar-refractivity contribution is 0.123. The molecule has 0 aliphatic heterocycles. The lowest BCUT2D eigenvalue weighted by Crippen LogP contribution is -1.89. The van der Waals surface area contributed by atoms with E-state index in [2.05, 4.69) is 43.5 Å². The number of alkyl halides is 2. The molecule has 0 saturated heterocycles. The van der Waals surface area contributed by atoms with E-state index in [9.17, 15) is 8.78 Å². The number of aromatic nitrogens is 1. The molecular formula is C11H7BrF2INO2. The van der Waals surface area contributed by atoms with Gasteiger partial charge in [-0.1, -0.05) is 0 Å². The third-order valence-corrected chi connectivity index (χ3v) is 3.72. The highest BCUT2D eigenvalue weighted by molar-refractivity contribution is 14.1. The van der Waals surface area contributed by atoms with Crippen molar-refractivity contribution in [3.63, 3.8) is 0 Å². The lowest BCUT2D eigenvalue weighted by Gasteiger charge is -2.07. The normalized spacial score (nSPS) is 11.0. The summed E-state index contributed by atoms with van der Waals surface area (Å²) in [5.74, 6) is 0.297. The fourth-order valence-corrected chi connectivity index (χ4v) is 2.99. The summed E-state index contributed by atoms with van der Waals surface area (Å²) in [4.78, 5) is 3.85. The molecule has 0 N–H and O–H groups in total. The van der Waals surface area contributed by atoms with Crippen molar-refractivity contribution in [3.8, 4) is 17.2 Å². The molecule has 0 fully saturated rings. The molecule has 0 bridgehead atoms. The van der Waals surface area contributed by atoms with Gasteiger partial charge in [0.2, 0.25) is 5.89 Å². The van der Waals surface area contributed by atoms with Crippen LogP contribution in [0.25, 0.3) is 11.5 Å². The van der Waals surface area contributed by atoms with Crippen LogP contribution < -0.4 is 4.74 Å². The van der Waals surface area contributed by atoms with Crippen LogP contribution in [0.5, 0.6) is 5.75 Å². The summed E-state index contributed by atoms with van der Waals surface area (Å²) in [5.41, 5.74) is 0.613. The van der Waals surface area contributed by atoms with E-state index in [4.69, 9.17) is 9.15 Å². The third-order valence-electron chi connectivity index (χ3n) is 2.21. The average molecular weight is 430 g/mol. The molecule has 0 amide bonds. The number of halogens is 4. The summed E-state index contributed by atoms with van der Waals surface area (Å²) in [6.45, 7) is 0. The second-order valence-corrected chi connectivity index (χ2v) is 5.35. The Labute approximate surface area is 124 Å². The van der Waals surface area contributed by atoms with Gasteiger partial charge in [0.05, 0.1) is 23.3 Å². The minimum absolute atomic E-state index is 0.153. The third kappa shape index (κ3) is 2.66. The Bertz CT molecular complexity index is 574. The zero-order valence-electron chi connectivity index (χ0n) is 9.08. The lowest BCUT2D eigenvalue weighted by atomic mass is 10.2. The molecule has 2 aromatic rings. The van der Waals surface area contributed by atoms with Crippen LogP contribution in [0.15, 0.2) is 27.2 Å². The predicted octanol–water partition coefficient (Wildman–Crippen LogP) is 4.65. The van der Waals surface area contributed by atoms with Crippen molar-refractivity contribution in [2.45, 2.75) is 6.43 Å². The summed E-state index contributed by atoms with van der Waals surface area (Å²) in [5, 5.41) is 0. The van der Waals surface area contributed by atoms with Crippen molar-refractivity contribution in [2.75, 3.05) is 7.11 Å². The number of nitrogens with zero attached hydrogens (tertiary/aromatic N) is 1. The van der Waals surface area contributed by atoms with Gasteiger partial charge in [-0.05, 0) is 50.7 Å². The molecule has 0 aliphatic rings. The molecule has 96 valence electrons. The molecule has 7 heteroatoms. The minimum Gasteiger partial charge on any atom is -0.496 e. The summed E-state index contributed by atoms with van der Waals surface area (Å²) in [6, 6.07) is 3.49. The van der Waals surface area contributed by atoms with Crippen LogP contribution in [-0.2, 0) is 0 Å². The standard InChI is InChI=1S/C11H7BrF2INO2/c1-17-8-2-5(7(15)3-6(8)12)11-16-4-9(18-11)10(13)14/h2-4,10H,1H3. The molecule has 2 rings (SSSR count). The van der Waals surface area contributed by atoms with Crippen LogP contribution in [0.2, 0.25) is 0 Å². The van der Waals surface area contributed by atoms with Gasteiger partial charge in [0.1, 0.15) is 5.75 Å². The van der Waals surface area contributed by atoms with Gasteiger partial charge < -0.3 is 9.15 Å². The Morgan fingerprint density at radius 2 is 2.17 bits per heavy atom. The maximum Gasteiger partial charge on any atom is 0.297 e. The largest absolute Gasteiger partial charge is 0.496 e. The quantitative estimate of drug-likeness (QED) is 0.666. The first-order valence-electron chi connectivity index (χ1n) is 4.80. The molecule has 3 nitrogen and oxygen atoms in total. The van der Waals surface area contributed by atoms with Crippen molar-refractivity contribution < 1.29 is 17.9 Å².